The SMILES string of the molecule is CC(Oc1ccccc1)C(=O)NCCn1ccnc1-c1ncccn1. The Kier molecular flexibility index (Phi) is 5.36. The second-order valence-corrected chi connectivity index (χ2v) is 5.38. The second kappa shape index (κ2) is 8.05. The van der Waals surface area contributed by atoms with Crippen molar-refractivity contribution in [3.8, 4) is 17.4 Å². The number of nitrogens with zero attached hydrogens (tertiary/aromatic N) is 4. The number of para-hydroxylation sites is 1. The van der Waals surface area contributed by atoms with Gasteiger partial charge in [0.15, 0.2) is 17.8 Å². The van der Waals surface area contributed by atoms with Gasteiger partial charge in [0.25, 0.3) is 5.91 Å². The van der Waals surface area contributed by atoms with Crippen molar-refractivity contribution >= 4 is 5.91 Å². The summed E-state index contributed by atoms with van der Waals surface area (Å²) in [6, 6.07) is 11.0. The summed E-state index contributed by atoms with van der Waals surface area (Å²) in [4.78, 5) is 24.8. The van der Waals surface area contributed by atoms with Gasteiger partial charge in [0, 0.05) is 37.9 Å². The van der Waals surface area contributed by atoms with E-state index < -0.39 is 6.10 Å². The Morgan fingerprint density at radius 2 is 1.88 bits per heavy atom. The molecule has 0 spiro atoms. The first kappa shape index (κ1) is 16.6. The average molecular weight is 337 g/mol. The molecule has 3 rings (SSSR count). The summed E-state index contributed by atoms with van der Waals surface area (Å²) < 4.78 is 7.51. The number of ether oxygens (including phenoxy) is 1. The van der Waals surface area contributed by atoms with Gasteiger partial charge in [0.2, 0.25) is 0 Å². The van der Waals surface area contributed by atoms with Crippen LogP contribution in [-0.4, -0.2) is 38.1 Å². The number of carbonyl (C=O) groups excluding carboxylic acids is 1. The third kappa shape index (κ3) is 4.41. The zero-order chi connectivity index (χ0) is 17.5. The lowest BCUT2D eigenvalue weighted by molar-refractivity contribution is -0.127. The summed E-state index contributed by atoms with van der Waals surface area (Å²) in [7, 11) is 0. The van der Waals surface area contributed by atoms with Crippen LogP contribution in [0.2, 0.25) is 0 Å². The maximum absolute atomic E-state index is 12.1. The number of amides is 1. The Labute approximate surface area is 145 Å². The van der Waals surface area contributed by atoms with Crippen LogP contribution in [0.3, 0.4) is 0 Å². The minimum Gasteiger partial charge on any atom is -0.481 e. The van der Waals surface area contributed by atoms with E-state index in [0.29, 0.717) is 30.5 Å². The van der Waals surface area contributed by atoms with Crippen molar-refractivity contribution in [1.82, 2.24) is 24.8 Å². The predicted octanol–water partition coefficient (Wildman–Crippen LogP) is 1.92. The zero-order valence-corrected chi connectivity index (χ0v) is 13.9. The summed E-state index contributed by atoms with van der Waals surface area (Å²) >= 11 is 0. The number of benzene rings is 1. The van der Waals surface area contributed by atoms with E-state index in [9.17, 15) is 4.79 Å². The molecule has 0 fully saturated rings. The number of hydrogen-bond donors (Lipinski definition) is 1. The van der Waals surface area contributed by atoms with Gasteiger partial charge >= 0.3 is 0 Å². The number of aromatic nitrogens is 4. The highest BCUT2D eigenvalue weighted by Gasteiger charge is 2.14. The van der Waals surface area contributed by atoms with Crippen molar-refractivity contribution in [3.63, 3.8) is 0 Å². The van der Waals surface area contributed by atoms with Gasteiger partial charge in [0.05, 0.1) is 0 Å². The smallest absolute Gasteiger partial charge is 0.260 e. The summed E-state index contributed by atoms with van der Waals surface area (Å²) in [6.07, 6.45) is 6.30. The molecule has 7 heteroatoms. The van der Waals surface area contributed by atoms with Crippen molar-refractivity contribution in [2.24, 2.45) is 0 Å². The Balaban J connectivity index is 1.52. The van der Waals surface area contributed by atoms with Crippen LogP contribution in [-0.2, 0) is 11.3 Å². The van der Waals surface area contributed by atoms with Crippen molar-refractivity contribution in [1.29, 1.82) is 0 Å². The molecular weight excluding hydrogens is 318 g/mol. The van der Waals surface area contributed by atoms with Gasteiger partial charge in [-0.15, -0.1) is 0 Å². The normalized spacial score (nSPS) is 11.7. The molecule has 1 N–H and O–H groups in total. The second-order valence-electron chi connectivity index (χ2n) is 5.38. The molecule has 0 saturated carbocycles. The molecule has 0 aliphatic carbocycles. The monoisotopic (exact) mass is 337 g/mol. The number of imidazole rings is 1. The topological polar surface area (TPSA) is 81.9 Å². The minimum absolute atomic E-state index is 0.165. The van der Waals surface area contributed by atoms with E-state index in [4.69, 9.17) is 4.74 Å². The van der Waals surface area contributed by atoms with Crippen LogP contribution in [0.1, 0.15) is 6.92 Å². The molecule has 3 aromatic rings. The van der Waals surface area contributed by atoms with E-state index in [1.165, 1.54) is 0 Å². The number of hydrogen-bond acceptors (Lipinski definition) is 5. The lowest BCUT2D eigenvalue weighted by Crippen LogP contribution is -2.37. The lowest BCUT2D eigenvalue weighted by atomic mass is 10.3. The first-order chi connectivity index (χ1) is 12.2. The van der Waals surface area contributed by atoms with Crippen molar-refractivity contribution in [2.75, 3.05) is 6.54 Å². The largest absolute Gasteiger partial charge is 0.481 e. The van der Waals surface area contributed by atoms with E-state index in [1.807, 2.05) is 41.1 Å². The van der Waals surface area contributed by atoms with E-state index >= 15 is 0 Å². The van der Waals surface area contributed by atoms with Crippen LogP contribution >= 0.6 is 0 Å². The molecule has 7 nitrogen and oxygen atoms in total. The maximum atomic E-state index is 12.1. The Bertz CT molecular complexity index is 805. The van der Waals surface area contributed by atoms with E-state index in [0.717, 1.165) is 0 Å². The fourth-order valence-electron chi connectivity index (χ4n) is 2.31. The average Bonchev–Trinajstić information content (AvgIpc) is 3.11. The summed E-state index contributed by atoms with van der Waals surface area (Å²) in [5.41, 5.74) is 0. The standard InChI is InChI=1S/C18H19N5O2/c1-14(25-15-6-3-2-4-7-15)18(24)22-11-13-23-12-10-21-17(23)16-19-8-5-9-20-16/h2-10,12,14H,11,13H2,1H3,(H,22,24). The molecule has 1 aromatic carbocycles. The third-order valence-corrected chi connectivity index (χ3v) is 3.56. The summed E-state index contributed by atoms with van der Waals surface area (Å²) in [5.74, 6) is 1.73. The van der Waals surface area contributed by atoms with E-state index in [2.05, 4.69) is 20.3 Å². The molecule has 0 saturated heterocycles. The summed E-state index contributed by atoms with van der Waals surface area (Å²) in [6.45, 7) is 2.75. The number of nitrogens with one attached hydrogen (secondary N) is 1. The molecule has 2 heterocycles. The van der Waals surface area contributed by atoms with E-state index in [1.54, 1.807) is 31.6 Å². The molecule has 128 valence electrons. The third-order valence-electron chi connectivity index (χ3n) is 3.56. The zero-order valence-electron chi connectivity index (χ0n) is 13.9. The van der Waals surface area contributed by atoms with Crippen LogP contribution in [0, 0.1) is 0 Å². The van der Waals surface area contributed by atoms with Gasteiger partial charge in [-0.25, -0.2) is 15.0 Å². The molecular formula is C18H19N5O2. The molecule has 1 unspecified atom stereocenters. The molecule has 2 aromatic heterocycles. The Morgan fingerprint density at radius 3 is 2.64 bits per heavy atom. The van der Waals surface area contributed by atoms with Crippen molar-refractivity contribution < 1.29 is 9.53 Å². The fraction of sp³-hybridized carbons (Fsp3) is 0.222. The maximum Gasteiger partial charge on any atom is 0.260 e. The molecule has 0 aliphatic rings. The number of carbonyl (C=O) groups is 1. The highest BCUT2D eigenvalue weighted by molar-refractivity contribution is 5.80. The highest BCUT2D eigenvalue weighted by Crippen LogP contribution is 2.12. The molecule has 25 heavy (non-hydrogen) atoms. The molecule has 1 amide bonds. The fourth-order valence-corrected chi connectivity index (χ4v) is 2.31. The van der Waals surface area contributed by atoms with Crippen LogP contribution in [0.4, 0.5) is 0 Å². The molecule has 0 bridgehead atoms. The highest BCUT2D eigenvalue weighted by atomic mass is 16.5. The molecule has 0 aliphatic heterocycles. The summed E-state index contributed by atoms with van der Waals surface area (Å²) in [5, 5.41) is 2.87. The lowest BCUT2D eigenvalue weighted by Gasteiger charge is -2.15. The van der Waals surface area contributed by atoms with Crippen molar-refractivity contribution in [3.05, 3.63) is 61.2 Å². The van der Waals surface area contributed by atoms with Gasteiger partial charge in [-0.2, -0.15) is 0 Å². The van der Waals surface area contributed by atoms with E-state index in [-0.39, 0.29) is 5.91 Å². The van der Waals surface area contributed by atoms with Gasteiger partial charge < -0.3 is 14.6 Å². The van der Waals surface area contributed by atoms with Crippen LogP contribution in [0.25, 0.3) is 11.6 Å². The van der Waals surface area contributed by atoms with Gasteiger partial charge in [0.1, 0.15) is 5.75 Å². The first-order valence-corrected chi connectivity index (χ1v) is 8.02. The first-order valence-electron chi connectivity index (χ1n) is 8.02. The number of rotatable bonds is 7. The molecule has 0 radical (unpaired) electrons. The quantitative estimate of drug-likeness (QED) is 0.712. The van der Waals surface area contributed by atoms with Crippen molar-refractivity contribution in [2.45, 2.75) is 19.6 Å². The van der Waals surface area contributed by atoms with Crippen LogP contribution in [0.5, 0.6) is 5.75 Å². The Hall–Kier alpha value is -3.22. The van der Waals surface area contributed by atoms with Gasteiger partial charge in [-0.05, 0) is 25.1 Å². The Morgan fingerprint density at radius 1 is 1.12 bits per heavy atom. The van der Waals surface area contributed by atoms with Crippen LogP contribution < -0.4 is 10.1 Å². The van der Waals surface area contributed by atoms with Gasteiger partial charge in [-0.1, -0.05) is 18.2 Å². The minimum atomic E-state index is -0.567. The van der Waals surface area contributed by atoms with Crippen LogP contribution in [0.15, 0.2) is 61.2 Å². The predicted molar refractivity (Wildman–Crippen MR) is 92.8 cm³/mol. The van der Waals surface area contributed by atoms with Gasteiger partial charge in [-0.3, -0.25) is 4.79 Å². The molecule has 1 atom stereocenters.